The molecule has 1 aliphatic rings. The SMILES string of the molecule is Cc1nonc1CC(=O)N1CCc2ccc(NC(=O)c3ccccn3)cc2C1. The van der Waals surface area contributed by atoms with Gasteiger partial charge in [0.15, 0.2) is 0 Å². The van der Waals surface area contributed by atoms with Crippen molar-refractivity contribution >= 4 is 17.5 Å². The van der Waals surface area contributed by atoms with E-state index in [2.05, 4.69) is 25.2 Å². The number of nitrogens with one attached hydrogen (secondary N) is 1. The number of hydrogen-bond donors (Lipinski definition) is 1. The lowest BCUT2D eigenvalue weighted by atomic mass is 9.98. The third-order valence-corrected chi connectivity index (χ3v) is 4.79. The molecular weight excluding hydrogens is 358 g/mol. The standard InChI is InChI=1S/C20H19N5O3/c1-13-18(24-28-23-13)11-19(26)25-9-7-14-5-6-16(10-15(14)12-25)22-20(27)17-4-2-3-8-21-17/h2-6,8,10H,7,9,11-12H2,1H3,(H,22,27). The summed E-state index contributed by atoms with van der Waals surface area (Å²) >= 11 is 0. The van der Waals surface area contributed by atoms with Gasteiger partial charge in [0.1, 0.15) is 17.1 Å². The number of fused-ring (bicyclic) bond motifs is 1. The number of aromatic nitrogens is 3. The minimum absolute atomic E-state index is 0.0209. The van der Waals surface area contributed by atoms with E-state index in [1.54, 1.807) is 36.2 Å². The summed E-state index contributed by atoms with van der Waals surface area (Å²) in [4.78, 5) is 30.8. The summed E-state index contributed by atoms with van der Waals surface area (Å²) in [5.41, 5.74) is 4.43. The van der Waals surface area contributed by atoms with Crippen LogP contribution in [0.25, 0.3) is 0 Å². The molecule has 2 amide bonds. The second kappa shape index (κ2) is 7.59. The van der Waals surface area contributed by atoms with Crippen molar-refractivity contribution in [3.05, 3.63) is 70.8 Å². The van der Waals surface area contributed by atoms with Crippen molar-refractivity contribution in [1.82, 2.24) is 20.2 Å². The molecule has 0 bridgehead atoms. The molecule has 0 aliphatic carbocycles. The first kappa shape index (κ1) is 17.8. The maximum atomic E-state index is 12.6. The Morgan fingerprint density at radius 2 is 2.07 bits per heavy atom. The molecule has 0 radical (unpaired) electrons. The molecule has 3 aromatic rings. The summed E-state index contributed by atoms with van der Waals surface area (Å²) in [5.74, 6) is -0.286. The highest BCUT2D eigenvalue weighted by Gasteiger charge is 2.23. The number of amides is 2. The number of anilines is 1. The van der Waals surface area contributed by atoms with E-state index in [4.69, 9.17) is 0 Å². The molecule has 0 saturated carbocycles. The van der Waals surface area contributed by atoms with E-state index in [1.807, 2.05) is 18.2 Å². The van der Waals surface area contributed by atoms with Crippen LogP contribution in [0.15, 0.2) is 47.2 Å². The summed E-state index contributed by atoms with van der Waals surface area (Å²) in [5, 5.41) is 10.4. The third kappa shape index (κ3) is 3.75. The molecule has 1 aliphatic heterocycles. The van der Waals surface area contributed by atoms with Gasteiger partial charge in [-0.1, -0.05) is 22.4 Å². The largest absolute Gasteiger partial charge is 0.338 e. The maximum absolute atomic E-state index is 12.6. The van der Waals surface area contributed by atoms with Gasteiger partial charge in [0.05, 0.1) is 6.42 Å². The molecule has 1 N–H and O–H groups in total. The number of rotatable bonds is 4. The first-order chi connectivity index (χ1) is 13.6. The highest BCUT2D eigenvalue weighted by Crippen LogP contribution is 2.23. The second-order valence-corrected chi connectivity index (χ2v) is 6.69. The first-order valence-electron chi connectivity index (χ1n) is 9.00. The molecule has 0 spiro atoms. The molecule has 0 saturated heterocycles. The highest BCUT2D eigenvalue weighted by atomic mass is 16.6. The van der Waals surface area contributed by atoms with Crippen molar-refractivity contribution in [3.63, 3.8) is 0 Å². The molecule has 1 aromatic carbocycles. The van der Waals surface area contributed by atoms with Crippen LogP contribution in [0.3, 0.4) is 0 Å². The van der Waals surface area contributed by atoms with Crippen LogP contribution in [-0.2, 0) is 24.2 Å². The summed E-state index contributed by atoms with van der Waals surface area (Å²) < 4.78 is 4.66. The number of nitrogens with zero attached hydrogens (tertiary/aromatic N) is 4. The summed E-state index contributed by atoms with van der Waals surface area (Å²) in [6, 6.07) is 11.0. The van der Waals surface area contributed by atoms with Crippen molar-refractivity contribution in [2.24, 2.45) is 0 Å². The van der Waals surface area contributed by atoms with Crippen molar-refractivity contribution in [3.8, 4) is 0 Å². The average Bonchev–Trinajstić information content (AvgIpc) is 3.12. The van der Waals surface area contributed by atoms with Crippen LogP contribution in [0.2, 0.25) is 0 Å². The maximum Gasteiger partial charge on any atom is 0.274 e. The van der Waals surface area contributed by atoms with E-state index in [-0.39, 0.29) is 18.2 Å². The Hall–Kier alpha value is -3.55. The Bertz CT molecular complexity index is 1020. The van der Waals surface area contributed by atoms with Gasteiger partial charge in [0.25, 0.3) is 5.91 Å². The van der Waals surface area contributed by atoms with E-state index < -0.39 is 0 Å². The first-order valence-corrected chi connectivity index (χ1v) is 9.00. The van der Waals surface area contributed by atoms with Crippen molar-refractivity contribution in [1.29, 1.82) is 0 Å². The molecule has 8 heteroatoms. The molecule has 2 aromatic heterocycles. The third-order valence-electron chi connectivity index (χ3n) is 4.79. The molecule has 3 heterocycles. The Labute approximate surface area is 161 Å². The fourth-order valence-corrected chi connectivity index (χ4v) is 3.20. The fourth-order valence-electron chi connectivity index (χ4n) is 3.20. The summed E-state index contributed by atoms with van der Waals surface area (Å²) in [6.45, 7) is 2.91. The minimum Gasteiger partial charge on any atom is -0.338 e. The number of hydrogen-bond acceptors (Lipinski definition) is 6. The van der Waals surface area contributed by atoms with Crippen LogP contribution >= 0.6 is 0 Å². The van der Waals surface area contributed by atoms with Crippen molar-refractivity contribution in [2.75, 3.05) is 11.9 Å². The molecule has 28 heavy (non-hydrogen) atoms. The Morgan fingerprint density at radius 3 is 2.82 bits per heavy atom. The molecule has 4 rings (SSSR count). The molecule has 0 atom stereocenters. The van der Waals surface area contributed by atoms with Gasteiger partial charge >= 0.3 is 0 Å². The lowest BCUT2D eigenvalue weighted by Gasteiger charge is -2.29. The van der Waals surface area contributed by atoms with Gasteiger partial charge in [0.2, 0.25) is 5.91 Å². The van der Waals surface area contributed by atoms with Gasteiger partial charge in [-0.25, -0.2) is 4.63 Å². The Morgan fingerprint density at radius 1 is 1.18 bits per heavy atom. The number of aryl methyl sites for hydroxylation is 1. The summed E-state index contributed by atoms with van der Waals surface area (Å²) in [6.07, 6.45) is 2.52. The lowest BCUT2D eigenvalue weighted by Crippen LogP contribution is -2.37. The van der Waals surface area contributed by atoms with Gasteiger partial charge in [0, 0.05) is 25.0 Å². The lowest BCUT2D eigenvalue weighted by molar-refractivity contribution is -0.131. The number of benzene rings is 1. The van der Waals surface area contributed by atoms with E-state index in [9.17, 15) is 9.59 Å². The molecular formula is C20H19N5O3. The van der Waals surface area contributed by atoms with Crippen LogP contribution in [-0.4, -0.2) is 38.6 Å². The van der Waals surface area contributed by atoms with E-state index in [0.29, 0.717) is 35.9 Å². The van der Waals surface area contributed by atoms with Gasteiger partial charge in [-0.2, -0.15) is 0 Å². The van der Waals surface area contributed by atoms with E-state index >= 15 is 0 Å². The zero-order valence-electron chi connectivity index (χ0n) is 15.4. The van der Waals surface area contributed by atoms with Crippen molar-refractivity contribution in [2.45, 2.75) is 26.3 Å². The normalized spacial score (nSPS) is 13.1. The molecule has 142 valence electrons. The van der Waals surface area contributed by atoms with Crippen molar-refractivity contribution < 1.29 is 14.2 Å². The van der Waals surface area contributed by atoms with Crippen LogP contribution in [0.1, 0.15) is 33.0 Å². The Kier molecular flexibility index (Phi) is 4.84. The fraction of sp³-hybridized carbons (Fsp3) is 0.250. The predicted octanol–water partition coefficient (Wildman–Crippen LogP) is 2.15. The minimum atomic E-state index is -0.265. The van der Waals surface area contributed by atoms with Gasteiger partial charge in [-0.05, 0) is 48.7 Å². The number of carbonyl (C=O) groups excluding carboxylic acids is 2. The summed E-state index contributed by atoms with van der Waals surface area (Å²) in [7, 11) is 0. The van der Waals surface area contributed by atoms with E-state index in [1.165, 1.54) is 5.56 Å². The average molecular weight is 377 g/mol. The topological polar surface area (TPSA) is 101 Å². The van der Waals surface area contributed by atoms with Crippen LogP contribution in [0.4, 0.5) is 5.69 Å². The monoisotopic (exact) mass is 377 g/mol. The van der Waals surface area contributed by atoms with E-state index in [0.717, 1.165) is 12.0 Å². The van der Waals surface area contributed by atoms with Crippen LogP contribution in [0, 0.1) is 6.92 Å². The van der Waals surface area contributed by atoms with Crippen LogP contribution < -0.4 is 5.32 Å². The number of pyridine rings is 1. The van der Waals surface area contributed by atoms with Gasteiger partial charge in [-0.15, -0.1) is 0 Å². The van der Waals surface area contributed by atoms with Gasteiger partial charge in [-0.3, -0.25) is 14.6 Å². The molecule has 0 fully saturated rings. The molecule has 0 unspecified atom stereocenters. The zero-order chi connectivity index (χ0) is 19.5. The van der Waals surface area contributed by atoms with Crippen LogP contribution in [0.5, 0.6) is 0 Å². The highest BCUT2D eigenvalue weighted by molar-refractivity contribution is 6.02. The quantitative estimate of drug-likeness (QED) is 0.748. The zero-order valence-corrected chi connectivity index (χ0v) is 15.4. The smallest absolute Gasteiger partial charge is 0.274 e. The molecule has 8 nitrogen and oxygen atoms in total. The second-order valence-electron chi connectivity index (χ2n) is 6.69. The van der Waals surface area contributed by atoms with Gasteiger partial charge < -0.3 is 10.2 Å². The Balaban J connectivity index is 1.46. The predicted molar refractivity (Wildman–Crippen MR) is 100 cm³/mol. The number of carbonyl (C=O) groups is 2.